The van der Waals surface area contributed by atoms with Crippen molar-refractivity contribution in [1.82, 2.24) is 24.9 Å². The Hall–Kier alpha value is -2.13. The molecular weight excluding hydrogens is 523 g/mol. The Balaban J connectivity index is 0.00000306. The zero-order valence-corrected chi connectivity index (χ0v) is 22.3. The summed E-state index contributed by atoms with van der Waals surface area (Å²) in [5, 5.41) is 7.10. The first kappa shape index (κ1) is 25.5. The van der Waals surface area contributed by atoms with Crippen molar-refractivity contribution in [1.29, 1.82) is 0 Å². The fourth-order valence-corrected chi connectivity index (χ4v) is 4.53. The summed E-state index contributed by atoms with van der Waals surface area (Å²) in [5.41, 5.74) is 4.71. The number of halogens is 1. The third-order valence-corrected chi connectivity index (χ3v) is 6.29. The van der Waals surface area contributed by atoms with Crippen molar-refractivity contribution in [2.45, 2.75) is 58.7 Å². The summed E-state index contributed by atoms with van der Waals surface area (Å²) >= 11 is 0. The SMILES string of the molecule is CCNC(=NCCc1cn2cccc(C)c2n1)NC1CCN(Cc2ccccc2)C(C)C1.I. The van der Waals surface area contributed by atoms with Gasteiger partial charge in [0.2, 0.25) is 0 Å². The van der Waals surface area contributed by atoms with Gasteiger partial charge in [0.05, 0.1) is 5.69 Å². The van der Waals surface area contributed by atoms with E-state index in [0.29, 0.717) is 12.1 Å². The number of pyridine rings is 1. The third-order valence-electron chi connectivity index (χ3n) is 6.29. The van der Waals surface area contributed by atoms with Gasteiger partial charge in [0.25, 0.3) is 0 Å². The summed E-state index contributed by atoms with van der Waals surface area (Å²) in [5.74, 6) is 0.918. The normalized spacial score (nSPS) is 19.3. The number of nitrogens with zero attached hydrogens (tertiary/aromatic N) is 4. The number of guanidine groups is 1. The molecule has 1 fully saturated rings. The molecule has 1 aromatic carbocycles. The van der Waals surface area contributed by atoms with Crippen molar-refractivity contribution >= 4 is 35.6 Å². The second-order valence-electron chi connectivity index (χ2n) is 8.84. The molecule has 1 aliphatic heterocycles. The average Bonchev–Trinajstić information content (AvgIpc) is 3.21. The maximum Gasteiger partial charge on any atom is 0.191 e. The molecule has 178 valence electrons. The molecule has 3 heterocycles. The number of aromatic nitrogens is 2. The predicted molar refractivity (Wildman–Crippen MR) is 147 cm³/mol. The Labute approximate surface area is 214 Å². The van der Waals surface area contributed by atoms with Crippen molar-refractivity contribution in [2.75, 3.05) is 19.6 Å². The minimum atomic E-state index is 0. The predicted octanol–water partition coefficient (Wildman–Crippen LogP) is 4.41. The third kappa shape index (κ3) is 6.93. The molecule has 1 saturated heterocycles. The van der Waals surface area contributed by atoms with E-state index in [1.54, 1.807) is 0 Å². The highest BCUT2D eigenvalue weighted by atomic mass is 127. The van der Waals surface area contributed by atoms with Crippen molar-refractivity contribution in [3.8, 4) is 0 Å². The van der Waals surface area contributed by atoms with Crippen LogP contribution in [0, 0.1) is 6.92 Å². The van der Waals surface area contributed by atoms with Crippen LogP contribution >= 0.6 is 24.0 Å². The van der Waals surface area contributed by atoms with E-state index in [9.17, 15) is 0 Å². The molecule has 3 aromatic rings. The van der Waals surface area contributed by atoms with Gasteiger partial charge in [-0.05, 0) is 50.8 Å². The number of rotatable bonds is 7. The molecule has 0 bridgehead atoms. The van der Waals surface area contributed by atoms with Crippen LogP contribution in [0.1, 0.15) is 43.5 Å². The van der Waals surface area contributed by atoms with Gasteiger partial charge < -0.3 is 15.0 Å². The standard InChI is InChI=1S/C26H36N6.HI/c1-4-27-26(28-14-12-24-19-32-15-8-9-20(2)25(32)29-24)30-23-13-16-31(21(3)17-23)18-22-10-6-5-7-11-22;/h5-11,15,19,21,23H,4,12-14,16-18H2,1-3H3,(H2,27,28,30);1H. The topological polar surface area (TPSA) is 57.0 Å². The number of benzene rings is 1. The van der Waals surface area contributed by atoms with Crippen molar-refractivity contribution in [2.24, 2.45) is 4.99 Å². The zero-order valence-electron chi connectivity index (χ0n) is 20.0. The van der Waals surface area contributed by atoms with Gasteiger partial charge in [0.15, 0.2) is 5.96 Å². The molecule has 0 spiro atoms. The molecular formula is C26H37IN6. The summed E-state index contributed by atoms with van der Waals surface area (Å²) in [7, 11) is 0. The number of nitrogens with one attached hydrogen (secondary N) is 2. The van der Waals surface area contributed by atoms with Crippen LogP contribution < -0.4 is 10.6 Å². The molecule has 6 nitrogen and oxygen atoms in total. The minimum absolute atomic E-state index is 0. The van der Waals surface area contributed by atoms with Gasteiger partial charge in [-0.15, -0.1) is 24.0 Å². The van der Waals surface area contributed by atoms with Crippen LogP contribution in [-0.2, 0) is 13.0 Å². The van der Waals surface area contributed by atoms with Gasteiger partial charge >= 0.3 is 0 Å². The maximum absolute atomic E-state index is 4.84. The van der Waals surface area contributed by atoms with Gasteiger partial charge in [-0.3, -0.25) is 9.89 Å². The van der Waals surface area contributed by atoms with E-state index in [4.69, 9.17) is 9.98 Å². The first-order valence-electron chi connectivity index (χ1n) is 11.9. The largest absolute Gasteiger partial charge is 0.357 e. The van der Waals surface area contributed by atoms with Crippen LogP contribution in [0.2, 0.25) is 0 Å². The fourth-order valence-electron chi connectivity index (χ4n) is 4.53. The number of piperidine rings is 1. The lowest BCUT2D eigenvalue weighted by atomic mass is 9.97. The lowest BCUT2D eigenvalue weighted by Gasteiger charge is -2.38. The van der Waals surface area contributed by atoms with Gasteiger partial charge in [0.1, 0.15) is 5.65 Å². The second-order valence-corrected chi connectivity index (χ2v) is 8.84. The number of fused-ring (bicyclic) bond motifs is 1. The molecule has 33 heavy (non-hydrogen) atoms. The monoisotopic (exact) mass is 560 g/mol. The molecule has 0 saturated carbocycles. The van der Waals surface area contributed by atoms with Crippen LogP contribution in [0.15, 0.2) is 59.9 Å². The number of aliphatic imine (C=N–C) groups is 1. The number of hydrogen-bond acceptors (Lipinski definition) is 3. The van der Waals surface area contributed by atoms with Crippen LogP contribution in [0.25, 0.3) is 5.65 Å². The highest BCUT2D eigenvalue weighted by Gasteiger charge is 2.25. The molecule has 1 aliphatic rings. The van der Waals surface area contributed by atoms with Crippen LogP contribution in [0.5, 0.6) is 0 Å². The Bertz CT molecular complexity index is 1030. The summed E-state index contributed by atoms with van der Waals surface area (Å²) in [6.45, 7) is 10.3. The molecule has 0 radical (unpaired) electrons. The van der Waals surface area contributed by atoms with E-state index in [0.717, 1.165) is 62.7 Å². The fraction of sp³-hybridized carbons (Fsp3) is 0.462. The number of hydrogen-bond donors (Lipinski definition) is 2. The second kappa shape index (κ2) is 12.4. The van der Waals surface area contributed by atoms with E-state index >= 15 is 0 Å². The first-order chi connectivity index (χ1) is 15.6. The molecule has 7 heteroatoms. The summed E-state index contributed by atoms with van der Waals surface area (Å²) < 4.78 is 2.10. The van der Waals surface area contributed by atoms with Gasteiger partial charge in [-0.25, -0.2) is 4.98 Å². The minimum Gasteiger partial charge on any atom is -0.357 e. The Morgan fingerprint density at radius 2 is 2.00 bits per heavy atom. The molecule has 4 rings (SSSR count). The Kier molecular flexibility index (Phi) is 9.55. The van der Waals surface area contributed by atoms with Gasteiger partial charge in [0, 0.05) is 57.1 Å². The van der Waals surface area contributed by atoms with Crippen molar-refractivity contribution in [3.63, 3.8) is 0 Å². The molecule has 0 aliphatic carbocycles. The Morgan fingerprint density at radius 3 is 2.73 bits per heavy atom. The summed E-state index contributed by atoms with van der Waals surface area (Å²) in [6, 6.07) is 15.9. The van der Waals surface area contributed by atoms with Crippen LogP contribution in [-0.4, -0.2) is 52.0 Å². The average molecular weight is 561 g/mol. The molecule has 0 amide bonds. The summed E-state index contributed by atoms with van der Waals surface area (Å²) in [4.78, 5) is 12.2. The van der Waals surface area contributed by atoms with Crippen LogP contribution in [0.4, 0.5) is 0 Å². The van der Waals surface area contributed by atoms with Crippen molar-refractivity contribution < 1.29 is 0 Å². The number of aryl methyl sites for hydroxylation is 1. The quantitative estimate of drug-likeness (QED) is 0.256. The lowest BCUT2D eigenvalue weighted by Crippen LogP contribution is -2.51. The maximum atomic E-state index is 4.84. The summed E-state index contributed by atoms with van der Waals surface area (Å²) in [6.07, 6.45) is 7.27. The molecule has 2 atom stereocenters. The lowest BCUT2D eigenvalue weighted by molar-refractivity contribution is 0.134. The van der Waals surface area contributed by atoms with E-state index in [1.165, 1.54) is 11.1 Å². The van der Waals surface area contributed by atoms with E-state index in [-0.39, 0.29) is 24.0 Å². The molecule has 2 unspecified atom stereocenters. The van der Waals surface area contributed by atoms with E-state index in [2.05, 4.69) is 95.6 Å². The highest BCUT2D eigenvalue weighted by Crippen LogP contribution is 2.20. The molecule has 2 aromatic heterocycles. The van der Waals surface area contributed by atoms with E-state index < -0.39 is 0 Å². The van der Waals surface area contributed by atoms with Crippen LogP contribution in [0.3, 0.4) is 0 Å². The number of likely N-dealkylation sites (tertiary alicyclic amines) is 1. The first-order valence-corrected chi connectivity index (χ1v) is 11.9. The van der Waals surface area contributed by atoms with Gasteiger partial charge in [-0.1, -0.05) is 36.4 Å². The van der Waals surface area contributed by atoms with Gasteiger partial charge in [-0.2, -0.15) is 0 Å². The zero-order chi connectivity index (χ0) is 22.3. The highest BCUT2D eigenvalue weighted by molar-refractivity contribution is 14.0. The smallest absolute Gasteiger partial charge is 0.191 e. The van der Waals surface area contributed by atoms with E-state index in [1.807, 2.05) is 0 Å². The molecule has 2 N–H and O–H groups in total. The Morgan fingerprint density at radius 1 is 1.18 bits per heavy atom. The van der Waals surface area contributed by atoms with Crippen molar-refractivity contribution in [3.05, 3.63) is 71.7 Å². The number of imidazole rings is 1.